The van der Waals surface area contributed by atoms with Gasteiger partial charge in [0.05, 0.1) is 5.56 Å². The van der Waals surface area contributed by atoms with Crippen molar-refractivity contribution in [1.29, 1.82) is 0 Å². The second-order valence-electron chi connectivity index (χ2n) is 7.71. The van der Waals surface area contributed by atoms with Gasteiger partial charge in [0.1, 0.15) is 5.75 Å². The zero-order chi connectivity index (χ0) is 20.3. The second-order valence-corrected chi connectivity index (χ2v) is 7.71. The van der Waals surface area contributed by atoms with Gasteiger partial charge in [-0.25, -0.2) is 0 Å². The van der Waals surface area contributed by atoms with Gasteiger partial charge in [-0.2, -0.15) is 4.58 Å². The van der Waals surface area contributed by atoms with Gasteiger partial charge >= 0.3 is 0 Å². The van der Waals surface area contributed by atoms with Crippen molar-refractivity contribution in [3.63, 3.8) is 0 Å². The van der Waals surface area contributed by atoms with Gasteiger partial charge in [-0.1, -0.05) is 101 Å². The van der Waals surface area contributed by atoms with Crippen LogP contribution in [0.5, 0.6) is 5.75 Å². The lowest BCUT2D eigenvalue weighted by molar-refractivity contribution is -0.476. The van der Waals surface area contributed by atoms with Crippen molar-refractivity contribution in [1.82, 2.24) is 0 Å². The molecule has 1 heterocycles. The van der Waals surface area contributed by atoms with E-state index in [1.165, 1.54) is 22.0 Å². The van der Waals surface area contributed by atoms with Gasteiger partial charge < -0.3 is 4.74 Å². The maximum absolute atomic E-state index is 6.03. The SMILES string of the molecule is Cc1cccc2c1OC[N+](c1ccc(B(c3ccccc3)c3ccccc3)cc1)=C2. The van der Waals surface area contributed by atoms with Crippen LogP contribution in [0.4, 0.5) is 5.69 Å². The third-order valence-corrected chi connectivity index (χ3v) is 5.71. The molecule has 0 radical (unpaired) electrons. The molecule has 0 aromatic heterocycles. The van der Waals surface area contributed by atoms with E-state index in [0.717, 1.165) is 17.0 Å². The summed E-state index contributed by atoms with van der Waals surface area (Å²) in [5.74, 6) is 0.985. The topological polar surface area (TPSA) is 12.2 Å². The number of benzene rings is 4. The van der Waals surface area contributed by atoms with Gasteiger partial charge in [-0.15, -0.1) is 0 Å². The van der Waals surface area contributed by atoms with E-state index in [2.05, 4.69) is 121 Å². The molecule has 0 bridgehead atoms. The standard InChI is InChI=1S/C27H23BNO/c1-21-9-8-10-22-19-29(20-30-27(21)22)26-17-15-25(16-18-26)28(23-11-4-2-5-12-23)24-13-6-3-7-14-24/h2-19H,20H2,1H3/q+1. The summed E-state index contributed by atoms with van der Waals surface area (Å²) >= 11 is 0. The van der Waals surface area contributed by atoms with Crippen molar-refractivity contribution in [2.75, 3.05) is 6.73 Å². The summed E-state index contributed by atoms with van der Waals surface area (Å²) in [6, 6.07) is 36.5. The summed E-state index contributed by atoms with van der Waals surface area (Å²) in [6.07, 6.45) is 2.17. The van der Waals surface area contributed by atoms with Crippen LogP contribution in [0.3, 0.4) is 0 Å². The van der Waals surface area contributed by atoms with Crippen molar-refractivity contribution >= 4 is 35.0 Å². The van der Waals surface area contributed by atoms with Crippen LogP contribution in [0, 0.1) is 6.92 Å². The zero-order valence-corrected chi connectivity index (χ0v) is 17.0. The molecule has 1 aliphatic heterocycles. The summed E-state index contributed by atoms with van der Waals surface area (Å²) in [6.45, 7) is 2.83. The minimum atomic E-state index is 0.214. The summed E-state index contributed by atoms with van der Waals surface area (Å²) in [7, 11) is 0. The van der Waals surface area contributed by atoms with Crippen molar-refractivity contribution in [3.8, 4) is 5.75 Å². The van der Waals surface area contributed by atoms with Gasteiger partial charge in [0, 0.05) is 12.1 Å². The van der Waals surface area contributed by atoms with Gasteiger partial charge in [-0.05, 0) is 18.6 Å². The molecular formula is C27H23BNO+. The van der Waals surface area contributed by atoms with Crippen molar-refractivity contribution in [2.24, 2.45) is 0 Å². The van der Waals surface area contributed by atoms with Gasteiger partial charge in [0.2, 0.25) is 12.4 Å². The third kappa shape index (κ3) is 3.55. The van der Waals surface area contributed by atoms with Crippen molar-refractivity contribution in [2.45, 2.75) is 6.92 Å². The summed E-state index contributed by atoms with van der Waals surface area (Å²) in [5.41, 5.74) is 7.31. The normalized spacial score (nSPS) is 12.5. The summed E-state index contributed by atoms with van der Waals surface area (Å²) in [4.78, 5) is 0. The molecule has 0 aliphatic carbocycles. The van der Waals surface area contributed by atoms with Crippen LogP contribution < -0.4 is 21.1 Å². The quantitative estimate of drug-likeness (QED) is 0.384. The number of para-hydroxylation sites is 1. The second kappa shape index (κ2) is 8.04. The Morgan fingerprint density at radius 3 is 1.90 bits per heavy atom. The van der Waals surface area contributed by atoms with E-state index in [9.17, 15) is 0 Å². The molecule has 0 saturated carbocycles. The average Bonchev–Trinajstić information content (AvgIpc) is 2.81. The number of hydrogen-bond donors (Lipinski definition) is 0. The Bertz CT molecular complexity index is 1150. The van der Waals surface area contributed by atoms with Gasteiger partial charge in [0.25, 0.3) is 6.73 Å². The van der Waals surface area contributed by atoms with Crippen LogP contribution >= 0.6 is 0 Å². The lowest BCUT2D eigenvalue weighted by Gasteiger charge is -2.17. The van der Waals surface area contributed by atoms with Crippen LogP contribution in [0.2, 0.25) is 0 Å². The Labute approximate surface area is 178 Å². The van der Waals surface area contributed by atoms with E-state index < -0.39 is 0 Å². The molecule has 4 aromatic carbocycles. The molecule has 144 valence electrons. The highest BCUT2D eigenvalue weighted by molar-refractivity contribution is 6.95. The maximum Gasteiger partial charge on any atom is 0.292 e. The van der Waals surface area contributed by atoms with E-state index in [4.69, 9.17) is 4.74 Å². The molecule has 30 heavy (non-hydrogen) atoms. The molecule has 0 spiro atoms. The largest absolute Gasteiger partial charge is 0.435 e. The van der Waals surface area contributed by atoms with E-state index in [1.807, 2.05) is 0 Å². The number of hydrogen-bond acceptors (Lipinski definition) is 1. The molecule has 0 atom stereocenters. The highest BCUT2D eigenvalue weighted by atomic mass is 16.5. The van der Waals surface area contributed by atoms with Gasteiger partial charge in [-0.3, -0.25) is 0 Å². The molecule has 0 unspecified atom stereocenters. The molecule has 2 nitrogen and oxygen atoms in total. The highest BCUT2D eigenvalue weighted by Gasteiger charge is 2.23. The maximum atomic E-state index is 6.03. The Morgan fingerprint density at radius 2 is 1.27 bits per heavy atom. The van der Waals surface area contributed by atoms with Crippen molar-refractivity contribution in [3.05, 3.63) is 114 Å². The molecule has 5 rings (SSSR count). The monoisotopic (exact) mass is 388 g/mol. The molecular weight excluding hydrogens is 365 g/mol. The summed E-state index contributed by atoms with van der Waals surface area (Å²) < 4.78 is 8.19. The van der Waals surface area contributed by atoms with Crippen LogP contribution in [-0.2, 0) is 0 Å². The molecule has 1 aliphatic rings. The molecule has 0 amide bonds. The number of aryl methyl sites for hydroxylation is 1. The molecule has 0 N–H and O–H groups in total. The highest BCUT2D eigenvalue weighted by Crippen LogP contribution is 2.26. The van der Waals surface area contributed by atoms with Crippen LogP contribution in [-0.4, -0.2) is 24.2 Å². The number of ether oxygens (including phenoxy) is 1. The van der Waals surface area contributed by atoms with E-state index >= 15 is 0 Å². The fraction of sp³-hybridized carbons (Fsp3) is 0.0741. The van der Waals surface area contributed by atoms with Crippen LogP contribution in [0.15, 0.2) is 103 Å². The van der Waals surface area contributed by atoms with E-state index in [0.29, 0.717) is 6.73 Å². The Hall–Kier alpha value is -3.59. The first-order chi connectivity index (χ1) is 14.8. The third-order valence-electron chi connectivity index (χ3n) is 5.71. The molecule has 3 heteroatoms. The van der Waals surface area contributed by atoms with E-state index in [1.54, 1.807) is 0 Å². The van der Waals surface area contributed by atoms with Gasteiger partial charge in [0.15, 0.2) is 6.21 Å². The minimum Gasteiger partial charge on any atom is -0.435 e. The van der Waals surface area contributed by atoms with E-state index in [-0.39, 0.29) is 6.71 Å². The predicted octanol–water partition coefficient (Wildman–Crippen LogP) is 3.62. The minimum absolute atomic E-state index is 0.214. The van der Waals surface area contributed by atoms with Crippen LogP contribution in [0.25, 0.3) is 0 Å². The number of rotatable bonds is 4. The lowest BCUT2D eigenvalue weighted by atomic mass is 9.37. The Kier molecular flexibility index (Phi) is 4.94. The van der Waals surface area contributed by atoms with Crippen molar-refractivity contribution < 1.29 is 9.31 Å². The first-order valence-corrected chi connectivity index (χ1v) is 10.3. The zero-order valence-electron chi connectivity index (χ0n) is 17.0. The number of nitrogens with zero attached hydrogens (tertiary/aromatic N) is 1. The predicted molar refractivity (Wildman–Crippen MR) is 126 cm³/mol. The smallest absolute Gasteiger partial charge is 0.292 e. The number of fused-ring (bicyclic) bond motifs is 1. The lowest BCUT2D eigenvalue weighted by Crippen LogP contribution is -2.51. The summed E-state index contributed by atoms with van der Waals surface area (Å²) in [5, 5.41) is 0. The molecule has 0 fully saturated rings. The first kappa shape index (κ1) is 18.4. The Balaban J connectivity index is 1.51. The van der Waals surface area contributed by atoms with Crippen LogP contribution in [0.1, 0.15) is 11.1 Å². The first-order valence-electron chi connectivity index (χ1n) is 10.3. The molecule has 4 aromatic rings. The fourth-order valence-corrected chi connectivity index (χ4v) is 4.19. The fourth-order valence-electron chi connectivity index (χ4n) is 4.19. The molecule has 0 saturated heterocycles. The Morgan fingerprint density at radius 1 is 0.667 bits per heavy atom. The average molecular weight is 388 g/mol.